The van der Waals surface area contributed by atoms with Crippen molar-refractivity contribution >= 4 is 17.7 Å². The van der Waals surface area contributed by atoms with E-state index in [2.05, 4.69) is 6.58 Å². The number of amides is 3. The van der Waals surface area contributed by atoms with Gasteiger partial charge in [0.15, 0.2) is 0 Å². The monoisotopic (exact) mass is 295 g/mol. The maximum atomic E-state index is 12.5. The Bertz CT molecular complexity index is 426. The lowest BCUT2D eigenvalue weighted by atomic mass is 9.93. The van der Waals surface area contributed by atoms with E-state index in [1.165, 1.54) is 11.0 Å². The van der Waals surface area contributed by atoms with Gasteiger partial charge in [0.05, 0.1) is 0 Å². The summed E-state index contributed by atoms with van der Waals surface area (Å²) in [5.74, 6) is -0.854. The van der Waals surface area contributed by atoms with E-state index in [1.807, 2.05) is 13.8 Å². The number of nitrogens with zero attached hydrogens (tertiary/aromatic N) is 2. The molecular formula is C15H25N3O3. The van der Waals surface area contributed by atoms with Gasteiger partial charge in [0.2, 0.25) is 17.7 Å². The van der Waals surface area contributed by atoms with Crippen LogP contribution in [-0.2, 0) is 14.4 Å². The summed E-state index contributed by atoms with van der Waals surface area (Å²) in [4.78, 5) is 38.7. The molecule has 21 heavy (non-hydrogen) atoms. The van der Waals surface area contributed by atoms with Crippen molar-refractivity contribution in [2.75, 3.05) is 20.1 Å². The summed E-state index contributed by atoms with van der Waals surface area (Å²) < 4.78 is 0. The van der Waals surface area contributed by atoms with Crippen LogP contribution in [-0.4, -0.2) is 53.7 Å². The van der Waals surface area contributed by atoms with Crippen LogP contribution < -0.4 is 5.73 Å². The molecule has 0 radical (unpaired) electrons. The van der Waals surface area contributed by atoms with Crippen LogP contribution in [0, 0.1) is 11.8 Å². The molecule has 118 valence electrons. The third-order valence-corrected chi connectivity index (χ3v) is 4.02. The van der Waals surface area contributed by atoms with Crippen molar-refractivity contribution < 1.29 is 14.4 Å². The predicted molar refractivity (Wildman–Crippen MR) is 80.1 cm³/mol. The molecule has 1 rings (SSSR count). The van der Waals surface area contributed by atoms with Crippen molar-refractivity contribution in [1.82, 2.24) is 9.80 Å². The molecule has 0 saturated carbocycles. The minimum atomic E-state index is -0.592. The molecule has 0 bridgehead atoms. The third kappa shape index (κ3) is 4.06. The average Bonchev–Trinajstić information content (AvgIpc) is 2.45. The van der Waals surface area contributed by atoms with Gasteiger partial charge in [-0.1, -0.05) is 20.4 Å². The molecule has 0 aromatic rings. The topological polar surface area (TPSA) is 83.7 Å². The van der Waals surface area contributed by atoms with Gasteiger partial charge < -0.3 is 15.5 Å². The van der Waals surface area contributed by atoms with Gasteiger partial charge in [0.25, 0.3) is 0 Å². The molecule has 1 fully saturated rings. The van der Waals surface area contributed by atoms with E-state index in [4.69, 9.17) is 5.73 Å². The first-order chi connectivity index (χ1) is 9.79. The standard InChI is InChI=1S/C15H25N3O3/c1-5-12(19)18-8-6-11(7-9-18)15(21)17(4)13(10(2)3)14(16)20/h5,10-11,13H,1,6-9H2,2-4H3,(H2,16,20). The zero-order valence-corrected chi connectivity index (χ0v) is 13.0. The molecule has 3 amide bonds. The van der Waals surface area contributed by atoms with Crippen LogP contribution in [0.2, 0.25) is 0 Å². The van der Waals surface area contributed by atoms with Gasteiger partial charge in [-0.3, -0.25) is 14.4 Å². The molecule has 0 aliphatic carbocycles. The van der Waals surface area contributed by atoms with Gasteiger partial charge in [0.1, 0.15) is 6.04 Å². The Morgan fingerprint density at radius 1 is 1.29 bits per heavy atom. The van der Waals surface area contributed by atoms with Gasteiger partial charge in [-0.05, 0) is 24.8 Å². The zero-order chi connectivity index (χ0) is 16.2. The highest BCUT2D eigenvalue weighted by molar-refractivity contribution is 5.89. The second-order valence-electron chi connectivity index (χ2n) is 5.84. The minimum Gasteiger partial charge on any atom is -0.368 e. The van der Waals surface area contributed by atoms with E-state index < -0.39 is 11.9 Å². The summed E-state index contributed by atoms with van der Waals surface area (Å²) in [5.41, 5.74) is 5.39. The van der Waals surface area contributed by atoms with Crippen molar-refractivity contribution in [2.45, 2.75) is 32.7 Å². The number of primary amides is 1. The number of carbonyl (C=O) groups excluding carboxylic acids is 3. The second kappa shape index (κ2) is 7.24. The maximum Gasteiger partial charge on any atom is 0.245 e. The molecule has 0 aromatic carbocycles. The van der Waals surface area contributed by atoms with Crippen molar-refractivity contribution in [3.8, 4) is 0 Å². The van der Waals surface area contributed by atoms with Crippen molar-refractivity contribution in [1.29, 1.82) is 0 Å². The molecule has 1 heterocycles. The van der Waals surface area contributed by atoms with Crippen LogP contribution >= 0.6 is 0 Å². The zero-order valence-electron chi connectivity index (χ0n) is 13.0. The summed E-state index contributed by atoms with van der Waals surface area (Å²) >= 11 is 0. The van der Waals surface area contributed by atoms with E-state index in [1.54, 1.807) is 11.9 Å². The van der Waals surface area contributed by atoms with E-state index in [0.717, 1.165) is 0 Å². The Kier molecular flexibility index (Phi) is 5.93. The van der Waals surface area contributed by atoms with Crippen molar-refractivity contribution in [3.05, 3.63) is 12.7 Å². The predicted octanol–water partition coefficient (Wildman–Crippen LogP) is 0.379. The summed E-state index contributed by atoms with van der Waals surface area (Å²) in [6.07, 6.45) is 2.49. The number of carbonyl (C=O) groups is 3. The van der Waals surface area contributed by atoms with E-state index >= 15 is 0 Å². The van der Waals surface area contributed by atoms with Crippen LogP contribution in [0.15, 0.2) is 12.7 Å². The van der Waals surface area contributed by atoms with Crippen LogP contribution in [0.3, 0.4) is 0 Å². The van der Waals surface area contributed by atoms with E-state index in [-0.39, 0.29) is 23.7 Å². The Morgan fingerprint density at radius 3 is 2.19 bits per heavy atom. The maximum absolute atomic E-state index is 12.5. The molecule has 2 N–H and O–H groups in total. The van der Waals surface area contributed by atoms with Gasteiger partial charge in [-0.2, -0.15) is 0 Å². The van der Waals surface area contributed by atoms with Crippen molar-refractivity contribution in [3.63, 3.8) is 0 Å². The molecule has 1 unspecified atom stereocenters. The minimum absolute atomic E-state index is 0.0288. The third-order valence-electron chi connectivity index (χ3n) is 4.02. The number of hydrogen-bond acceptors (Lipinski definition) is 3. The highest BCUT2D eigenvalue weighted by Gasteiger charge is 2.34. The van der Waals surface area contributed by atoms with E-state index in [0.29, 0.717) is 25.9 Å². The fourth-order valence-corrected chi connectivity index (χ4v) is 2.87. The number of rotatable bonds is 5. The lowest BCUT2D eigenvalue weighted by molar-refractivity contribution is -0.144. The van der Waals surface area contributed by atoms with Gasteiger partial charge in [-0.25, -0.2) is 0 Å². The van der Waals surface area contributed by atoms with Crippen LogP contribution in [0.5, 0.6) is 0 Å². The highest BCUT2D eigenvalue weighted by Crippen LogP contribution is 2.21. The molecular weight excluding hydrogens is 270 g/mol. The van der Waals surface area contributed by atoms with E-state index in [9.17, 15) is 14.4 Å². The largest absolute Gasteiger partial charge is 0.368 e. The summed E-state index contributed by atoms with van der Waals surface area (Å²) in [7, 11) is 1.62. The van der Waals surface area contributed by atoms with Crippen molar-refractivity contribution in [2.24, 2.45) is 17.6 Å². The fraction of sp³-hybridized carbons (Fsp3) is 0.667. The van der Waals surface area contributed by atoms with Gasteiger partial charge in [-0.15, -0.1) is 0 Å². The Balaban J connectivity index is 2.66. The molecule has 1 saturated heterocycles. The lowest BCUT2D eigenvalue weighted by Gasteiger charge is -2.35. The number of piperidine rings is 1. The molecule has 1 aliphatic heterocycles. The Morgan fingerprint density at radius 2 is 1.81 bits per heavy atom. The second-order valence-corrected chi connectivity index (χ2v) is 5.84. The highest BCUT2D eigenvalue weighted by atomic mass is 16.2. The first-order valence-electron chi connectivity index (χ1n) is 7.26. The first kappa shape index (κ1) is 17.2. The SMILES string of the molecule is C=CC(=O)N1CCC(C(=O)N(C)C(C(N)=O)C(C)C)CC1. The quantitative estimate of drug-likeness (QED) is 0.744. The fourth-order valence-electron chi connectivity index (χ4n) is 2.87. The number of nitrogens with two attached hydrogens (primary N) is 1. The molecule has 1 aliphatic rings. The lowest BCUT2D eigenvalue weighted by Crippen LogP contribution is -2.52. The number of likely N-dealkylation sites (tertiary alicyclic amines) is 1. The molecule has 0 aromatic heterocycles. The number of hydrogen-bond donors (Lipinski definition) is 1. The normalized spacial score (nSPS) is 17.4. The number of likely N-dealkylation sites (N-methyl/N-ethyl adjacent to an activating group) is 1. The summed E-state index contributed by atoms with van der Waals surface area (Å²) in [5, 5.41) is 0. The summed E-state index contributed by atoms with van der Waals surface area (Å²) in [6.45, 7) is 8.27. The van der Waals surface area contributed by atoms with Gasteiger partial charge in [0, 0.05) is 26.1 Å². The molecule has 0 spiro atoms. The smallest absolute Gasteiger partial charge is 0.245 e. The average molecular weight is 295 g/mol. The molecule has 6 heteroatoms. The van der Waals surface area contributed by atoms with Crippen LogP contribution in [0.4, 0.5) is 0 Å². The molecule has 6 nitrogen and oxygen atoms in total. The van der Waals surface area contributed by atoms with Gasteiger partial charge >= 0.3 is 0 Å². The Labute approximate surface area is 125 Å². The Hall–Kier alpha value is -1.85. The summed E-state index contributed by atoms with van der Waals surface area (Å²) in [6, 6.07) is -0.592. The van der Waals surface area contributed by atoms with Crippen LogP contribution in [0.1, 0.15) is 26.7 Å². The first-order valence-corrected chi connectivity index (χ1v) is 7.26. The van der Waals surface area contributed by atoms with Crippen LogP contribution in [0.25, 0.3) is 0 Å². The molecule has 1 atom stereocenters.